The first kappa shape index (κ1) is 15.3. The van der Waals surface area contributed by atoms with Crippen molar-refractivity contribution in [2.75, 3.05) is 34.2 Å². The number of urea groups is 1. The molecule has 8 heteroatoms. The summed E-state index contributed by atoms with van der Waals surface area (Å²) >= 11 is 0. The highest BCUT2D eigenvalue weighted by Crippen LogP contribution is 2.19. The number of amides is 3. The summed E-state index contributed by atoms with van der Waals surface area (Å²) < 4.78 is 0. The highest BCUT2D eigenvalue weighted by atomic mass is 16.2. The van der Waals surface area contributed by atoms with Gasteiger partial charge in [0.15, 0.2) is 0 Å². The Labute approximate surface area is 124 Å². The van der Waals surface area contributed by atoms with Gasteiger partial charge >= 0.3 is 6.03 Å². The second-order valence-electron chi connectivity index (χ2n) is 5.59. The van der Waals surface area contributed by atoms with Crippen LogP contribution in [0.25, 0.3) is 0 Å². The van der Waals surface area contributed by atoms with Crippen molar-refractivity contribution in [3.63, 3.8) is 0 Å². The molecule has 0 saturated carbocycles. The zero-order chi connectivity index (χ0) is 15.4. The lowest BCUT2D eigenvalue weighted by Gasteiger charge is -2.35. The van der Waals surface area contributed by atoms with Crippen molar-refractivity contribution < 1.29 is 9.59 Å². The van der Waals surface area contributed by atoms with E-state index in [4.69, 9.17) is 0 Å². The number of hydrogen-bond donors (Lipinski definition) is 1. The minimum absolute atomic E-state index is 0.0367. The summed E-state index contributed by atoms with van der Waals surface area (Å²) in [5.41, 5.74) is 0. The van der Waals surface area contributed by atoms with Crippen molar-refractivity contribution in [1.29, 1.82) is 0 Å². The van der Waals surface area contributed by atoms with E-state index in [9.17, 15) is 9.59 Å². The number of nitrogens with zero attached hydrogens (tertiary/aromatic N) is 5. The number of aromatic amines is 1. The van der Waals surface area contributed by atoms with Crippen LogP contribution >= 0.6 is 0 Å². The smallest absolute Gasteiger partial charge is 0.319 e. The average Bonchev–Trinajstić information content (AvgIpc) is 2.98. The number of hydrogen-bond acceptors (Lipinski definition) is 4. The van der Waals surface area contributed by atoms with Gasteiger partial charge in [-0.2, -0.15) is 5.10 Å². The molecule has 1 N–H and O–H groups in total. The van der Waals surface area contributed by atoms with Gasteiger partial charge in [-0.1, -0.05) is 0 Å². The van der Waals surface area contributed by atoms with Crippen LogP contribution in [0.4, 0.5) is 4.79 Å². The lowest BCUT2D eigenvalue weighted by molar-refractivity contribution is -0.136. The predicted molar refractivity (Wildman–Crippen MR) is 76.2 cm³/mol. The Balaban J connectivity index is 1.93. The molecule has 1 unspecified atom stereocenters. The van der Waals surface area contributed by atoms with E-state index < -0.39 is 0 Å². The van der Waals surface area contributed by atoms with Gasteiger partial charge in [0.25, 0.3) is 0 Å². The molecule has 116 valence electrons. The van der Waals surface area contributed by atoms with E-state index in [1.54, 1.807) is 35.8 Å². The highest BCUT2D eigenvalue weighted by molar-refractivity contribution is 5.80. The SMILES string of the molecule is CN(C)C(=O)N1CCCC(C(=O)N(C)Cc2ncn[nH]2)C1. The van der Waals surface area contributed by atoms with E-state index in [1.807, 2.05) is 0 Å². The molecule has 3 amide bonds. The monoisotopic (exact) mass is 294 g/mol. The summed E-state index contributed by atoms with van der Waals surface area (Å²) in [5, 5.41) is 6.51. The van der Waals surface area contributed by atoms with Gasteiger partial charge in [0.2, 0.25) is 5.91 Å². The Morgan fingerprint density at radius 1 is 1.43 bits per heavy atom. The molecule has 8 nitrogen and oxygen atoms in total. The largest absolute Gasteiger partial charge is 0.338 e. The Morgan fingerprint density at radius 2 is 2.19 bits per heavy atom. The summed E-state index contributed by atoms with van der Waals surface area (Å²) in [7, 11) is 5.20. The van der Waals surface area contributed by atoms with Gasteiger partial charge in [0.1, 0.15) is 12.2 Å². The number of likely N-dealkylation sites (tertiary alicyclic amines) is 1. The van der Waals surface area contributed by atoms with Gasteiger partial charge in [-0.25, -0.2) is 9.78 Å². The van der Waals surface area contributed by atoms with Crippen LogP contribution < -0.4 is 0 Å². The maximum Gasteiger partial charge on any atom is 0.319 e. The molecule has 21 heavy (non-hydrogen) atoms. The van der Waals surface area contributed by atoms with Crippen molar-refractivity contribution >= 4 is 11.9 Å². The van der Waals surface area contributed by atoms with Crippen molar-refractivity contribution in [1.82, 2.24) is 29.9 Å². The quantitative estimate of drug-likeness (QED) is 0.860. The fraction of sp³-hybridized carbons (Fsp3) is 0.692. The zero-order valence-electron chi connectivity index (χ0n) is 12.7. The average molecular weight is 294 g/mol. The lowest BCUT2D eigenvalue weighted by atomic mass is 9.97. The van der Waals surface area contributed by atoms with Gasteiger partial charge < -0.3 is 14.7 Å². The van der Waals surface area contributed by atoms with Crippen LogP contribution in [-0.4, -0.2) is 76.1 Å². The van der Waals surface area contributed by atoms with Crippen LogP contribution in [0.3, 0.4) is 0 Å². The van der Waals surface area contributed by atoms with Crippen LogP contribution in [0.5, 0.6) is 0 Å². The van der Waals surface area contributed by atoms with E-state index in [0.29, 0.717) is 25.5 Å². The van der Waals surface area contributed by atoms with E-state index >= 15 is 0 Å². The minimum atomic E-state index is -0.143. The molecule has 1 aromatic heterocycles. The van der Waals surface area contributed by atoms with Crippen molar-refractivity contribution in [3.05, 3.63) is 12.2 Å². The molecule has 2 rings (SSSR count). The van der Waals surface area contributed by atoms with Gasteiger partial charge in [0.05, 0.1) is 12.5 Å². The zero-order valence-corrected chi connectivity index (χ0v) is 12.7. The van der Waals surface area contributed by atoms with Gasteiger partial charge in [-0.05, 0) is 12.8 Å². The van der Waals surface area contributed by atoms with Crippen LogP contribution in [0.15, 0.2) is 6.33 Å². The normalized spacial score (nSPS) is 18.4. The topological polar surface area (TPSA) is 85.4 Å². The predicted octanol–water partition coefficient (Wildman–Crippen LogP) is 0.157. The first-order valence-electron chi connectivity index (χ1n) is 7.04. The van der Waals surface area contributed by atoms with Crippen LogP contribution in [0, 0.1) is 5.92 Å². The third kappa shape index (κ3) is 3.71. The first-order valence-corrected chi connectivity index (χ1v) is 7.04. The van der Waals surface area contributed by atoms with Crippen molar-refractivity contribution in [2.24, 2.45) is 5.92 Å². The second-order valence-corrected chi connectivity index (χ2v) is 5.59. The van der Waals surface area contributed by atoms with E-state index in [1.165, 1.54) is 6.33 Å². The number of nitrogens with one attached hydrogen (secondary N) is 1. The first-order chi connectivity index (χ1) is 9.99. The number of aromatic nitrogens is 3. The maximum absolute atomic E-state index is 12.5. The molecule has 0 aliphatic carbocycles. The molecule has 0 radical (unpaired) electrons. The van der Waals surface area contributed by atoms with Crippen LogP contribution in [0.1, 0.15) is 18.7 Å². The number of carbonyl (C=O) groups excluding carboxylic acids is 2. The van der Waals surface area contributed by atoms with Gasteiger partial charge in [-0.3, -0.25) is 9.89 Å². The van der Waals surface area contributed by atoms with Crippen molar-refractivity contribution in [2.45, 2.75) is 19.4 Å². The Hall–Kier alpha value is -2.12. The number of H-pyrrole nitrogens is 1. The third-order valence-corrected chi connectivity index (χ3v) is 3.65. The summed E-state index contributed by atoms with van der Waals surface area (Å²) in [4.78, 5) is 33.4. The number of carbonyl (C=O) groups is 2. The summed E-state index contributed by atoms with van der Waals surface area (Å²) in [6, 6.07) is -0.0367. The van der Waals surface area contributed by atoms with E-state index in [0.717, 1.165) is 12.8 Å². The Morgan fingerprint density at radius 3 is 2.81 bits per heavy atom. The fourth-order valence-corrected chi connectivity index (χ4v) is 2.56. The molecular formula is C13H22N6O2. The molecule has 1 atom stereocenters. The number of rotatable bonds is 3. The molecule has 1 fully saturated rings. The summed E-state index contributed by atoms with van der Waals surface area (Å²) in [6.07, 6.45) is 3.09. The molecular weight excluding hydrogens is 272 g/mol. The molecule has 0 spiro atoms. The highest BCUT2D eigenvalue weighted by Gasteiger charge is 2.30. The standard InChI is InChI=1S/C13H22N6O2/c1-17(2)13(21)19-6-4-5-10(7-19)12(20)18(3)8-11-14-9-15-16-11/h9-10H,4-8H2,1-3H3,(H,14,15,16). The molecule has 1 saturated heterocycles. The summed E-state index contributed by atoms with van der Waals surface area (Å²) in [5.74, 6) is 0.557. The third-order valence-electron chi connectivity index (χ3n) is 3.65. The van der Waals surface area contributed by atoms with Crippen molar-refractivity contribution in [3.8, 4) is 0 Å². The Kier molecular flexibility index (Phi) is 4.77. The minimum Gasteiger partial charge on any atom is -0.338 e. The lowest BCUT2D eigenvalue weighted by Crippen LogP contribution is -2.48. The van der Waals surface area contributed by atoms with Crippen LogP contribution in [-0.2, 0) is 11.3 Å². The molecule has 0 aromatic carbocycles. The maximum atomic E-state index is 12.5. The number of piperidine rings is 1. The second kappa shape index (κ2) is 6.55. The van der Waals surface area contributed by atoms with Crippen LogP contribution in [0.2, 0.25) is 0 Å². The van der Waals surface area contributed by atoms with Gasteiger partial charge in [0, 0.05) is 34.2 Å². The molecule has 1 aromatic rings. The fourth-order valence-electron chi connectivity index (χ4n) is 2.56. The molecule has 2 heterocycles. The molecule has 0 bridgehead atoms. The van der Waals surface area contributed by atoms with E-state index in [2.05, 4.69) is 15.2 Å². The van der Waals surface area contributed by atoms with E-state index in [-0.39, 0.29) is 17.9 Å². The molecule has 1 aliphatic heterocycles. The molecule has 1 aliphatic rings. The van der Waals surface area contributed by atoms with Gasteiger partial charge in [-0.15, -0.1) is 0 Å². The summed E-state index contributed by atoms with van der Waals surface area (Å²) in [6.45, 7) is 1.60. The Bertz CT molecular complexity index is 487.